The van der Waals surface area contributed by atoms with Gasteiger partial charge in [0, 0.05) is 0 Å². The molecule has 0 N–H and O–H groups in total. The molecule has 0 aromatic heterocycles. The number of rotatable bonds is 0. The fourth-order valence-electron chi connectivity index (χ4n) is 8.37. The maximum Gasteiger partial charge on any atom is -0.00641 e. The van der Waals surface area contributed by atoms with Crippen molar-refractivity contribution in [1.29, 1.82) is 0 Å². The quantitative estimate of drug-likeness (QED) is 0.151. The molecule has 8 aromatic rings. The zero-order valence-corrected chi connectivity index (χ0v) is 30.2. The second-order valence-corrected chi connectivity index (χ2v) is 14.1. The van der Waals surface area contributed by atoms with Crippen LogP contribution in [0, 0.1) is 27.7 Å². The molecular weight excluding hydrogens is 625 g/mol. The lowest BCUT2D eigenvalue weighted by atomic mass is 9.73. The summed E-state index contributed by atoms with van der Waals surface area (Å²) in [6, 6.07) is 60.0. The molecule has 0 atom stereocenters. The summed E-state index contributed by atoms with van der Waals surface area (Å²) in [5, 5.41) is 0. The fourth-order valence-corrected chi connectivity index (χ4v) is 8.37. The third kappa shape index (κ3) is 4.98. The zero-order valence-electron chi connectivity index (χ0n) is 30.2. The molecule has 8 aromatic carbocycles. The maximum absolute atomic E-state index is 2.25. The Balaban J connectivity index is 0.0000000930. The molecule has 0 amide bonds. The van der Waals surface area contributed by atoms with Crippen LogP contribution in [0.15, 0.2) is 170 Å². The van der Waals surface area contributed by atoms with E-state index in [2.05, 4.69) is 198 Å². The van der Waals surface area contributed by atoms with Crippen molar-refractivity contribution in [2.24, 2.45) is 0 Å². The van der Waals surface area contributed by atoms with Crippen LogP contribution in [0.3, 0.4) is 0 Å². The summed E-state index contributed by atoms with van der Waals surface area (Å²) in [5.41, 5.74) is 28.4. The van der Waals surface area contributed by atoms with Gasteiger partial charge in [-0.3, -0.25) is 0 Å². The average Bonchev–Trinajstić information content (AvgIpc) is 3.18. The van der Waals surface area contributed by atoms with Gasteiger partial charge in [-0.2, -0.15) is 0 Å². The molecule has 0 unspecified atom stereocenters. The first kappa shape index (κ1) is 31.7. The van der Waals surface area contributed by atoms with Gasteiger partial charge in [0.1, 0.15) is 0 Å². The Hall–Kier alpha value is -6.24. The van der Waals surface area contributed by atoms with Gasteiger partial charge in [0.15, 0.2) is 0 Å². The highest BCUT2D eigenvalue weighted by molar-refractivity contribution is 6.06. The van der Waals surface area contributed by atoms with E-state index in [9.17, 15) is 0 Å². The Morgan fingerprint density at radius 1 is 0.173 bits per heavy atom. The van der Waals surface area contributed by atoms with Crippen LogP contribution < -0.4 is 0 Å². The summed E-state index contributed by atoms with van der Waals surface area (Å²) in [6.45, 7) is 8.96. The normalized spacial score (nSPS) is 11.5. The predicted molar refractivity (Wildman–Crippen MR) is 222 cm³/mol. The monoisotopic (exact) mass is 664 g/mol. The third-order valence-corrected chi connectivity index (χ3v) is 11.5. The largest absolute Gasteiger partial charge is 0.0616 e. The summed E-state index contributed by atoms with van der Waals surface area (Å²) < 4.78 is 0. The summed E-state index contributed by atoms with van der Waals surface area (Å²) in [4.78, 5) is 0. The van der Waals surface area contributed by atoms with Crippen LogP contribution in [0.4, 0.5) is 0 Å². The van der Waals surface area contributed by atoms with Crippen LogP contribution in [-0.2, 0) is 0 Å². The number of hydrogen-bond donors (Lipinski definition) is 0. The van der Waals surface area contributed by atoms with Gasteiger partial charge in [-0.25, -0.2) is 0 Å². The molecular formula is C52H40. The highest BCUT2D eigenvalue weighted by atomic mass is 14.3. The van der Waals surface area contributed by atoms with Crippen molar-refractivity contribution in [2.75, 3.05) is 0 Å². The molecule has 0 saturated carbocycles. The van der Waals surface area contributed by atoms with Crippen molar-refractivity contribution in [3.63, 3.8) is 0 Å². The first-order valence-corrected chi connectivity index (χ1v) is 18.3. The van der Waals surface area contributed by atoms with Crippen molar-refractivity contribution >= 4 is 0 Å². The van der Waals surface area contributed by atoms with Gasteiger partial charge >= 0.3 is 0 Å². The Bertz CT molecular complexity index is 2110. The molecule has 52 heavy (non-hydrogen) atoms. The molecule has 248 valence electrons. The summed E-state index contributed by atoms with van der Waals surface area (Å²) in [5.74, 6) is 0. The molecule has 0 spiro atoms. The minimum absolute atomic E-state index is 1.40. The third-order valence-electron chi connectivity index (χ3n) is 11.5. The second kappa shape index (κ2) is 12.8. The van der Waals surface area contributed by atoms with Crippen LogP contribution in [0.25, 0.3) is 89.0 Å². The lowest BCUT2D eigenvalue weighted by Gasteiger charge is -2.30. The van der Waals surface area contributed by atoms with Crippen molar-refractivity contribution in [3.8, 4) is 89.0 Å². The molecule has 0 heterocycles. The van der Waals surface area contributed by atoms with Gasteiger partial charge in [-0.05, 0) is 139 Å². The van der Waals surface area contributed by atoms with E-state index < -0.39 is 0 Å². The van der Waals surface area contributed by atoms with Gasteiger partial charge in [-0.1, -0.05) is 170 Å². The Morgan fingerprint density at radius 3 is 0.462 bits per heavy atom. The van der Waals surface area contributed by atoms with E-state index in [4.69, 9.17) is 0 Å². The first-order valence-electron chi connectivity index (χ1n) is 18.3. The molecule has 4 aliphatic rings. The molecule has 0 radical (unpaired) electrons. The van der Waals surface area contributed by atoms with Crippen LogP contribution in [0.1, 0.15) is 22.3 Å². The van der Waals surface area contributed by atoms with Gasteiger partial charge in [0.2, 0.25) is 0 Å². The van der Waals surface area contributed by atoms with Crippen molar-refractivity contribution in [3.05, 3.63) is 192 Å². The summed E-state index contributed by atoms with van der Waals surface area (Å²) >= 11 is 0. The number of benzene rings is 8. The van der Waals surface area contributed by atoms with E-state index in [0.29, 0.717) is 0 Å². The SMILES string of the molecule is Cc1c(C)c(C)c2c(c1C)-c1ccccc1-2.c1ccc2c(c1)-c1ccccc1-2.c1ccc2c(c1)-c1ccccc1-2.c1ccc2c(c1)-c1ccccc1-2. The number of hydrogen-bond acceptors (Lipinski definition) is 0. The van der Waals surface area contributed by atoms with E-state index in [1.165, 1.54) is 111 Å². The van der Waals surface area contributed by atoms with Crippen molar-refractivity contribution in [2.45, 2.75) is 27.7 Å². The molecule has 4 aliphatic carbocycles. The van der Waals surface area contributed by atoms with Crippen LogP contribution in [-0.4, -0.2) is 0 Å². The Labute approximate surface area is 307 Å². The predicted octanol–water partition coefficient (Wildman–Crippen LogP) is 14.6. The standard InChI is InChI=1S/C16H16.3C12H8/c1-9-10(2)12(4)16-14-8-6-5-7-13(14)15(16)11(9)3;3*1-2-6-10-9(5-1)11-7-3-4-8-12(10)11/h5-8H,1-4H3;3*1-8H. The topological polar surface area (TPSA) is 0 Å². The molecule has 12 rings (SSSR count). The van der Waals surface area contributed by atoms with E-state index in [0.717, 1.165) is 0 Å². The molecule has 0 fully saturated rings. The number of fused-ring (bicyclic) bond motifs is 16. The van der Waals surface area contributed by atoms with Crippen molar-refractivity contribution in [1.82, 2.24) is 0 Å². The minimum atomic E-state index is 1.40. The summed E-state index contributed by atoms with van der Waals surface area (Å²) in [6.07, 6.45) is 0. The first-order chi connectivity index (χ1) is 25.5. The molecule has 0 heteroatoms. The Morgan fingerprint density at radius 2 is 0.308 bits per heavy atom. The van der Waals surface area contributed by atoms with E-state index in [1.54, 1.807) is 0 Å². The van der Waals surface area contributed by atoms with Crippen LogP contribution >= 0.6 is 0 Å². The zero-order chi connectivity index (χ0) is 35.3. The van der Waals surface area contributed by atoms with Gasteiger partial charge in [-0.15, -0.1) is 0 Å². The van der Waals surface area contributed by atoms with Crippen molar-refractivity contribution < 1.29 is 0 Å². The minimum Gasteiger partial charge on any atom is -0.0616 e. The van der Waals surface area contributed by atoms with Crippen LogP contribution in [0.2, 0.25) is 0 Å². The lowest BCUT2D eigenvalue weighted by Crippen LogP contribution is -2.07. The Kier molecular flexibility index (Phi) is 7.82. The highest BCUT2D eigenvalue weighted by Crippen LogP contribution is 2.52. The summed E-state index contributed by atoms with van der Waals surface area (Å²) in [7, 11) is 0. The lowest BCUT2D eigenvalue weighted by molar-refractivity contribution is 1.21. The maximum atomic E-state index is 2.25. The van der Waals surface area contributed by atoms with Gasteiger partial charge in [0.25, 0.3) is 0 Å². The molecule has 0 nitrogen and oxygen atoms in total. The van der Waals surface area contributed by atoms with Gasteiger partial charge < -0.3 is 0 Å². The fraction of sp³-hybridized carbons (Fsp3) is 0.0769. The molecule has 0 saturated heterocycles. The van der Waals surface area contributed by atoms with Gasteiger partial charge in [0.05, 0.1) is 0 Å². The molecule has 0 bridgehead atoms. The second-order valence-electron chi connectivity index (χ2n) is 14.1. The highest BCUT2D eigenvalue weighted by Gasteiger charge is 2.28. The van der Waals surface area contributed by atoms with E-state index >= 15 is 0 Å². The van der Waals surface area contributed by atoms with E-state index in [1.807, 2.05) is 0 Å². The average molecular weight is 665 g/mol. The smallest absolute Gasteiger partial charge is 0.00641 e. The van der Waals surface area contributed by atoms with Crippen LogP contribution in [0.5, 0.6) is 0 Å². The molecule has 0 aliphatic heterocycles. The van der Waals surface area contributed by atoms with E-state index in [-0.39, 0.29) is 0 Å².